The molecule has 1 rings (SSSR count). The highest BCUT2D eigenvalue weighted by molar-refractivity contribution is 5.67. The summed E-state index contributed by atoms with van der Waals surface area (Å²) < 4.78 is 38.2. The summed E-state index contributed by atoms with van der Waals surface area (Å²) in [6.45, 7) is 9.47. The van der Waals surface area contributed by atoms with Crippen molar-refractivity contribution in [3.8, 4) is 0 Å². The summed E-state index contributed by atoms with van der Waals surface area (Å²) in [5, 5.41) is 2.65. The zero-order valence-corrected chi connectivity index (χ0v) is 25.6. The van der Waals surface area contributed by atoms with Crippen molar-refractivity contribution >= 4 is 6.09 Å². The molecule has 0 radical (unpaired) electrons. The van der Waals surface area contributed by atoms with E-state index in [1.807, 2.05) is 30.3 Å². The minimum Gasteiger partial charge on any atom is -0.445 e. The van der Waals surface area contributed by atoms with Crippen LogP contribution >= 0.6 is 0 Å². The van der Waals surface area contributed by atoms with Crippen LogP contribution in [0.3, 0.4) is 0 Å². The second-order valence-electron chi connectivity index (χ2n) is 9.84. The van der Waals surface area contributed by atoms with Crippen LogP contribution in [0.1, 0.15) is 76.7 Å². The molecule has 0 heterocycles. The Bertz CT molecular complexity index is 664. The Morgan fingerprint density at radius 2 is 0.951 bits per heavy atom. The number of ether oxygens (including phenoxy) is 7. The predicted molar refractivity (Wildman–Crippen MR) is 161 cm³/mol. The molecule has 1 amide bonds. The summed E-state index contributed by atoms with van der Waals surface area (Å²) >= 11 is 0. The summed E-state index contributed by atoms with van der Waals surface area (Å²) in [6, 6.07) is 9.54. The Morgan fingerprint density at radius 1 is 0.537 bits per heavy atom. The van der Waals surface area contributed by atoms with Gasteiger partial charge in [-0.1, -0.05) is 95.0 Å². The lowest BCUT2D eigenvalue weighted by atomic mass is 10.1. The van der Waals surface area contributed by atoms with Gasteiger partial charge in [-0.25, -0.2) is 4.79 Å². The molecule has 1 aromatic carbocycles. The third-order valence-electron chi connectivity index (χ3n) is 6.23. The van der Waals surface area contributed by atoms with E-state index in [9.17, 15) is 4.79 Å². The molecule has 0 unspecified atom stereocenters. The first-order valence-electron chi connectivity index (χ1n) is 15.7. The van der Waals surface area contributed by atoms with Crippen molar-refractivity contribution < 1.29 is 38.0 Å². The minimum atomic E-state index is -0.456. The number of amides is 1. The number of hydrogen-bond donors (Lipinski definition) is 1. The predicted octanol–water partition coefficient (Wildman–Crippen LogP) is 5.93. The Balaban J connectivity index is 1.65. The number of nitrogens with one attached hydrogen (secondary N) is 1. The summed E-state index contributed by atoms with van der Waals surface area (Å²) in [5.41, 5.74) is 0.948. The zero-order valence-electron chi connectivity index (χ0n) is 25.6. The number of benzene rings is 1. The Kier molecular flexibility index (Phi) is 28.4. The number of rotatable bonds is 31. The van der Waals surface area contributed by atoms with Gasteiger partial charge < -0.3 is 38.5 Å². The highest BCUT2D eigenvalue weighted by Crippen LogP contribution is 2.10. The summed E-state index contributed by atoms with van der Waals surface area (Å²) in [5.74, 6) is 0. The molecule has 0 atom stereocenters. The maximum atomic E-state index is 11.6. The maximum Gasteiger partial charge on any atom is 0.407 e. The number of unbranched alkanes of at least 4 members (excludes halogenated alkanes) is 9. The van der Waals surface area contributed by atoms with Crippen LogP contribution in [0.4, 0.5) is 4.79 Å². The summed E-state index contributed by atoms with van der Waals surface area (Å²) in [6.07, 6.45) is 12.9. The first-order valence-corrected chi connectivity index (χ1v) is 15.7. The van der Waals surface area contributed by atoms with Gasteiger partial charge in [0, 0.05) is 13.2 Å². The molecule has 9 nitrogen and oxygen atoms in total. The second kappa shape index (κ2) is 31.2. The third-order valence-corrected chi connectivity index (χ3v) is 6.23. The number of carbonyl (C=O) groups is 1. The molecular formula is C32H57NO8. The minimum absolute atomic E-state index is 0.249. The van der Waals surface area contributed by atoms with Crippen LogP contribution in [0.25, 0.3) is 0 Å². The summed E-state index contributed by atoms with van der Waals surface area (Å²) in [7, 11) is 0. The lowest BCUT2D eigenvalue weighted by Gasteiger charge is -2.09. The lowest BCUT2D eigenvalue weighted by Crippen LogP contribution is -2.28. The molecule has 0 fully saturated rings. The molecule has 41 heavy (non-hydrogen) atoms. The van der Waals surface area contributed by atoms with Gasteiger partial charge in [0.15, 0.2) is 0 Å². The fourth-order valence-electron chi connectivity index (χ4n) is 3.89. The van der Waals surface area contributed by atoms with Crippen LogP contribution in [-0.4, -0.2) is 91.9 Å². The van der Waals surface area contributed by atoms with E-state index in [0.29, 0.717) is 79.2 Å². The molecule has 0 aliphatic carbocycles. The van der Waals surface area contributed by atoms with E-state index in [1.165, 1.54) is 57.8 Å². The van der Waals surface area contributed by atoms with Gasteiger partial charge in [-0.15, -0.1) is 0 Å². The summed E-state index contributed by atoms with van der Waals surface area (Å²) in [4.78, 5) is 11.6. The molecule has 238 valence electrons. The number of carbonyl (C=O) groups excluding carboxylic acids is 1. The fraction of sp³-hybridized carbons (Fsp3) is 0.781. The van der Waals surface area contributed by atoms with E-state index in [-0.39, 0.29) is 6.61 Å². The molecule has 1 aromatic rings. The molecular weight excluding hydrogens is 526 g/mol. The zero-order chi connectivity index (χ0) is 29.3. The monoisotopic (exact) mass is 583 g/mol. The van der Waals surface area contributed by atoms with Crippen LogP contribution in [0, 0.1) is 0 Å². The van der Waals surface area contributed by atoms with Gasteiger partial charge in [0.25, 0.3) is 0 Å². The molecule has 0 saturated heterocycles. The quantitative estimate of drug-likeness (QED) is 0.108. The van der Waals surface area contributed by atoms with Gasteiger partial charge >= 0.3 is 6.09 Å². The molecule has 9 heteroatoms. The van der Waals surface area contributed by atoms with E-state index in [4.69, 9.17) is 33.2 Å². The molecule has 0 spiro atoms. The van der Waals surface area contributed by atoms with Crippen molar-refractivity contribution in [1.29, 1.82) is 0 Å². The Labute approximate surface area is 248 Å². The van der Waals surface area contributed by atoms with Gasteiger partial charge in [0.2, 0.25) is 0 Å². The smallest absolute Gasteiger partial charge is 0.407 e. The van der Waals surface area contributed by atoms with E-state index in [0.717, 1.165) is 18.6 Å². The Morgan fingerprint density at radius 3 is 1.44 bits per heavy atom. The van der Waals surface area contributed by atoms with Crippen LogP contribution in [0.15, 0.2) is 30.3 Å². The highest BCUT2D eigenvalue weighted by Gasteiger charge is 2.02. The second-order valence-corrected chi connectivity index (χ2v) is 9.84. The molecule has 0 bridgehead atoms. The molecule has 0 saturated carbocycles. The normalized spacial score (nSPS) is 11.1. The van der Waals surface area contributed by atoms with Crippen molar-refractivity contribution in [3.05, 3.63) is 35.9 Å². The third kappa shape index (κ3) is 28.2. The van der Waals surface area contributed by atoms with Crippen molar-refractivity contribution in [3.63, 3.8) is 0 Å². The topological polar surface area (TPSA) is 93.7 Å². The average Bonchev–Trinajstić information content (AvgIpc) is 2.99. The van der Waals surface area contributed by atoms with Crippen LogP contribution in [0.2, 0.25) is 0 Å². The van der Waals surface area contributed by atoms with Gasteiger partial charge in [0.1, 0.15) is 6.61 Å². The lowest BCUT2D eigenvalue weighted by molar-refractivity contribution is -0.0167. The molecule has 0 aliphatic heterocycles. The Hall–Kier alpha value is -1.75. The highest BCUT2D eigenvalue weighted by atomic mass is 16.6. The number of hydrogen-bond acceptors (Lipinski definition) is 8. The van der Waals surface area contributed by atoms with E-state index in [1.54, 1.807) is 0 Å². The van der Waals surface area contributed by atoms with E-state index < -0.39 is 6.09 Å². The average molecular weight is 584 g/mol. The first-order chi connectivity index (χ1) is 20.3. The fourth-order valence-corrected chi connectivity index (χ4v) is 3.89. The first kappa shape index (κ1) is 37.3. The molecule has 0 aromatic heterocycles. The van der Waals surface area contributed by atoms with Crippen molar-refractivity contribution in [1.82, 2.24) is 5.32 Å². The van der Waals surface area contributed by atoms with Crippen LogP contribution < -0.4 is 5.32 Å². The van der Waals surface area contributed by atoms with Gasteiger partial charge in [-0.2, -0.15) is 0 Å². The van der Waals surface area contributed by atoms with E-state index >= 15 is 0 Å². The van der Waals surface area contributed by atoms with Crippen molar-refractivity contribution in [2.24, 2.45) is 0 Å². The standard InChI is InChI=1S/C32H57NO8/c1-2-3-4-5-6-7-8-9-10-14-18-35-20-22-37-24-26-39-28-29-40-27-25-38-23-21-36-19-17-33-32(34)41-30-31-15-12-11-13-16-31/h11-13,15-16H,2-10,14,17-30H2,1H3,(H,33,34). The van der Waals surface area contributed by atoms with Crippen LogP contribution in [-0.2, 0) is 39.8 Å². The van der Waals surface area contributed by atoms with Gasteiger partial charge in [-0.05, 0) is 12.0 Å². The van der Waals surface area contributed by atoms with Crippen molar-refractivity contribution in [2.45, 2.75) is 77.7 Å². The van der Waals surface area contributed by atoms with E-state index in [2.05, 4.69) is 12.2 Å². The molecule has 0 aliphatic rings. The SMILES string of the molecule is CCCCCCCCCCCCOCCOCCOCCOCCOCCOCCNC(=O)OCc1ccccc1. The van der Waals surface area contributed by atoms with Crippen molar-refractivity contribution in [2.75, 3.05) is 85.8 Å². The largest absolute Gasteiger partial charge is 0.445 e. The molecule has 1 N–H and O–H groups in total. The van der Waals surface area contributed by atoms with Gasteiger partial charge in [0.05, 0.1) is 72.7 Å². The maximum absolute atomic E-state index is 11.6. The number of alkyl carbamates (subject to hydrolysis) is 1. The van der Waals surface area contributed by atoms with Crippen LogP contribution in [0.5, 0.6) is 0 Å². The van der Waals surface area contributed by atoms with Gasteiger partial charge in [-0.3, -0.25) is 0 Å².